The lowest BCUT2D eigenvalue weighted by Gasteiger charge is -2.36. The molecule has 98 valence electrons. The van der Waals surface area contributed by atoms with Gasteiger partial charge in [0.25, 0.3) is 0 Å². The van der Waals surface area contributed by atoms with Gasteiger partial charge in [0.2, 0.25) is 11.9 Å². The van der Waals surface area contributed by atoms with Gasteiger partial charge in [-0.2, -0.15) is 15.0 Å². The number of aliphatic hydroxyl groups excluding tert-OH is 1. The van der Waals surface area contributed by atoms with Gasteiger partial charge in [-0.1, -0.05) is 0 Å². The summed E-state index contributed by atoms with van der Waals surface area (Å²) < 4.78 is 0. The van der Waals surface area contributed by atoms with Crippen LogP contribution in [-0.4, -0.2) is 43.1 Å². The summed E-state index contributed by atoms with van der Waals surface area (Å²) in [6.45, 7) is 0.638. The van der Waals surface area contributed by atoms with Crippen LogP contribution >= 0.6 is 0 Å². The summed E-state index contributed by atoms with van der Waals surface area (Å²) >= 11 is 0. The normalized spacial score (nSPS) is 31.7. The number of anilines is 2. The fourth-order valence-corrected chi connectivity index (χ4v) is 3.19. The first kappa shape index (κ1) is 11.6. The summed E-state index contributed by atoms with van der Waals surface area (Å²) in [6.07, 6.45) is 3.79. The molecule has 2 saturated heterocycles. The molecular weight excluding hydrogens is 232 g/mol. The van der Waals surface area contributed by atoms with Gasteiger partial charge in [-0.25, -0.2) is 0 Å². The Labute approximate surface area is 105 Å². The van der Waals surface area contributed by atoms with E-state index in [1.807, 2.05) is 0 Å². The van der Waals surface area contributed by atoms with Gasteiger partial charge < -0.3 is 16.6 Å². The highest BCUT2D eigenvalue weighted by atomic mass is 16.3. The fraction of sp³-hybridized carbons (Fsp3) is 0.727. The maximum absolute atomic E-state index is 9.75. The van der Waals surface area contributed by atoms with Crippen molar-refractivity contribution in [3.63, 3.8) is 0 Å². The minimum atomic E-state index is -0.160. The van der Waals surface area contributed by atoms with Gasteiger partial charge in [0, 0.05) is 12.1 Å². The topological polar surface area (TPSA) is 114 Å². The van der Waals surface area contributed by atoms with Crippen LogP contribution in [0.15, 0.2) is 0 Å². The number of aromatic nitrogens is 3. The summed E-state index contributed by atoms with van der Waals surface area (Å²) in [5, 5.41) is 9.75. The number of rotatable bonds is 2. The molecule has 7 heteroatoms. The van der Waals surface area contributed by atoms with Crippen molar-refractivity contribution in [1.29, 1.82) is 0 Å². The second kappa shape index (κ2) is 4.33. The SMILES string of the molecule is Nc1nc(N)nc(CN2C3CCC2CC(O)C3)n1. The summed E-state index contributed by atoms with van der Waals surface area (Å²) in [6, 6.07) is 0.857. The second-order valence-corrected chi connectivity index (χ2v) is 5.15. The third kappa shape index (κ3) is 2.11. The number of nitrogen functional groups attached to an aromatic ring is 2. The molecule has 1 aromatic heterocycles. The number of fused-ring (bicyclic) bond motifs is 2. The lowest BCUT2D eigenvalue weighted by Crippen LogP contribution is -2.44. The Bertz CT molecular complexity index is 419. The molecule has 2 aliphatic rings. The van der Waals surface area contributed by atoms with Crippen molar-refractivity contribution < 1.29 is 5.11 Å². The minimum absolute atomic E-state index is 0.160. The highest BCUT2D eigenvalue weighted by molar-refractivity contribution is 5.25. The van der Waals surface area contributed by atoms with Crippen LogP contribution in [0.1, 0.15) is 31.5 Å². The molecule has 0 saturated carbocycles. The van der Waals surface area contributed by atoms with Gasteiger partial charge in [0.05, 0.1) is 12.6 Å². The molecule has 0 aromatic carbocycles. The van der Waals surface area contributed by atoms with Crippen LogP contribution < -0.4 is 11.5 Å². The average Bonchev–Trinajstić information content (AvgIpc) is 2.53. The predicted octanol–water partition coefficient (Wildman–Crippen LogP) is -0.476. The minimum Gasteiger partial charge on any atom is -0.393 e. The molecule has 3 heterocycles. The maximum Gasteiger partial charge on any atom is 0.225 e. The predicted molar refractivity (Wildman–Crippen MR) is 66.2 cm³/mol. The van der Waals surface area contributed by atoms with E-state index in [0.29, 0.717) is 24.5 Å². The summed E-state index contributed by atoms with van der Waals surface area (Å²) in [4.78, 5) is 14.4. The number of hydrogen-bond donors (Lipinski definition) is 3. The molecule has 2 fully saturated rings. The van der Waals surface area contributed by atoms with Crippen molar-refractivity contribution in [2.45, 2.75) is 50.4 Å². The molecule has 18 heavy (non-hydrogen) atoms. The number of nitrogens with two attached hydrogens (primary N) is 2. The van der Waals surface area contributed by atoms with E-state index in [9.17, 15) is 5.11 Å². The zero-order valence-corrected chi connectivity index (χ0v) is 10.2. The first-order valence-electron chi connectivity index (χ1n) is 6.31. The zero-order chi connectivity index (χ0) is 12.7. The molecular formula is C11H18N6O. The molecule has 5 N–H and O–H groups in total. The van der Waals surface area contributed by atoms with Crippen LogP contribution in [0.4, 0.5) is 11.9 Å². The van der Waals surface area contributed by atoms with Crippen molar-refractivity contribution in [2.75, 3.05) is 11.5 Å². The Morgan fingerprint density at radius 3 is 2.17 bits per heavy atom. The van der Waals surface area contributed by atoms with Gasteiger partial charge in [-0.3, -0.25) is 4.90 Å². The van der Waals surface area contributed by atoms with Crippen molar-refractivity contribution in [2.24, 2.45) is 0 Å². The van der Waals surface area contributed by atoms with Gasteiger partial charge in [0.1, 0.15) is 5.82 Å². The summed E-state index contributed by atoms with van der Waals surface area (Å²) in [5.74, 6) is 0.956. The van der Waals surface area contributed by atoms with Crippen molar-refractivity contribution >= 4 is 11.9 Å². The lowest BCUT2D eigenvalue weighted by atomic mass is 10.00. The van der Waals surface area contributed by atoms with Crippen LogP contribution in [0, 0.1) is 0 Å². The van der Waals surface area contributed by atoms with Gasteiger partial charge in [-0.15, -0.1) is 0 Å². The third-order valence-corrected chi connectivity index (χ3v) is 3.90. The van der Waals surface area contributed by atoms with E-state index >= 15 is 0 Å². The van der Waals surface area contributed by atoms with Gasteiger partial charge >= 0.3 is 0 Å². The van der Waals surface area contributed by atoms with Crippen LogP contribution in [0.3, 0.4) is 0 Å². The fourth-order valence-electron chi connectivity index (χ4n) is 3.19. The molecule has 3 rings (SSSR count). The quantitative estimate of drug-likeness (QED) is 0.649. The number of aliphatic hydroxyl groups is 1. The van der Waals surface area contributed by atoms with Crippen LogP contribution in [-0.2, 0) is 6.54 Å². The molecule has 2 bridgehead atoms. The van der Waals surface area contributed by atoms with E-state index in [1.54, 1.807) is 0 Å². The zero-order valence-electron chi connectivity index (χ0n) is 10.2. The Kier molecular flexibility index (Phi) is 2.79. The highest BCUT2D eigenvalue weighted by Crippen LogP contribution is 2.36. The van der Waals surface area contributed by atoms with Crippen molar-refractivity contribution in [1.82, 2.24) is 19.9 Å². The lowest BCUT2D eigenvalue weighted by molar-refractivity contribution is 0.0296. The van der Waals surface area contributed by atoms with Crippen molar-refractivity contribution in [3.05, 3.63) is 5.82 Å². The Morgan fingerprint density at radius 2 is 1.61 bits per heavy atom. The summed E-state index contributed by atoms with van der Waals surface area (Å²) in [7, 11) is 0. The number of nitrogens with zero attached hydrogens (tertiary/aromatic N) is 4. The number of hydrogen-bond acceptors (Lipinski definition) is 7. The van der Waals surface area contributed by atoms with Crippen LogP contribution in [0.2, 0.25) is 0 Å². The molecule has 0 radical (unpaired) electrons. The Hall–Kier alpha value is -1.47. The standard InChI is InChI=1S/C11H18N6O/c12-10-14-9(15-11(13)16-10)5-17-6-1-2-7(17)4-8(18)3-6/h6-8,18H,1-5H2,(H4,12,13,14,15,16). The van der Waals surface area contributed by atoms with E-state index in [0.717, 1.165) is 25.7 Å². The van der Waals surface area contributed by atoms with Crippen molar-refractivity contribution in [3.8, 4) is 0 Å². The highest BCUT2D eigenvalue weighted by Gasteiger charge is 2.40. The van der Waals surface area contributed by atoms with E-state index in [-0.39, 0.29) is 18.0 Å². The molecule has 2 aliphatic heterocycles. The second-order valence-electron chi connectivity index (χ2n) is 5.15. The molecule has 0 spiro atoms. The van der Waals surface area contributed by atoms with E-state index < -0.39 is 0 Å². The Morgan fingerprint density at radius 1 is 1.06 bits per heavy atom. The first-order chi connectivity index (χ1) is 8.61. The molecule has 0 aliphatic carbocycles. The first-order valence-corrected chi connectivity index (χ1v) is 6.31. The Balaban J connectivity index is 1.77. The van der Waals surface area contributed by atoms with Gasteiger partial charge in [-0.05, 0) is 25.7 Å². The monoisotopic (exact) mass is 250 g/mol. The van der Waals surface area contributed by atoms with E-state index in [2.05, 4.69) is 19.9 Å². The molecule has 2 unspecified atom stereocenters. The smallest absolute Gasteiger partial charge is 0.225 e. The molecule has 1 aromatic rings. The third-order valence-electron chi connectivity index (χ3n) is 3.90. The van der Waals surface area contributed by atoms with Crippen LogP contribution in [0.5, 0.6) is 0 Å². The molecule has 0 amide bonds. The van der Waals surface area contributed by atoms with Crippen LogP contribution in [0.25, 0.3) is 0 Å². The molecule has 2 atom stereocenters. The van der Waals surface area contributed by atoms with E-state index in [4.69, 9.17) is 11.5 Å². The maximum atomic E-state index is 9.75. The van der Waals surface area contributed by atoms with Gasteiger partial charge in [0.15, 0.2) is 0 Å². The van der Waals surface area contributed by atoms with E-state index in [1.165, 1.54) is 0 Å². The molecule has 7 nitrogen and oxygen atoms in total. The average molecular weight is 250 g/mol. The number of piperidine rings is 1. The summed E-state index contributed by atoms with van der Waals surface area (Å²) in [5.41, 5.74) is 11.1. The largest absolute Gasteiger partial charge is 0.393 e.